The molecule has 0 spiro atoms. The van der Waals surface area contributed by atoms with Gasteiger partial charge in [-0.05, 0) is 55.7 Å². The molecule has 2 heterocycles. The maximum Gasteiger partial charge on any atom is 0.430 e. The van der Waals surface area contributed by atoms with E-state index in [0.29, 0.717) is 16.9 Å². The van der Waals surface area contributed by atoms with Crippen LogP contribution >= 0.6 is 0 Å². The highest BCUT2D eigenvalue weighted by molar-refractivity contribution is 6.05. The number of aromatic nitrogens is 1. The second-order valence-corrected chi connectivity index (χ2v) is 7.69. The maximum absolute atomic E-state index is 12.9. The monoisotopic (exact) mass is 445 g/mol. The molecule has 2 amide bonds. The van der Waals surface area contributed by atoms with Crippen LogP contribution in [-0.4, -0.2) is 41.8 Å². The first-order chi connectivity index (χ1) is 16.2. The predicted octanol–water partition coefficient (Wildman–Crippen LogP) is 4.75. The fraction of sp³-hybridized carbons (Fsp3) is 0.240. The van der Waals surface area contributed by atoms with Gasteiger partial charge in [-0.1, -0.05) is 30.3 Å². The summed E-state index contributed by atoms with van der Waals surface area (Å²) >= 11 is 0. The number of nitrogens with one attached hydrogen (secondary N) is 2. The molecule has 0 saturated carbocycles. The summed E-state index contributed by atoms with van der Waals surface area (Å²) < 4.78 is 5.11. The number of benzene rings is 2. The average Bonchev–Trinajstić information content (AvgIpc) is 2.88. The lowest BCUT2D eigenvalue weighted by Crippen LogP contribution is -2.55. The van der Waals surface area contributed by atoms with Gasteiger partial charge < -0.3 is 15.0 Å². The van der Waals surface area contributed by atoms with Crippen molar-refractivity contribution >= 4 is 29.1 Å². The van der Waals surface area contributed by atoms with E-state index in [1.807, 2.05) is 48.5 Å². The van der Waals surface area contributed by atoms with Crippen LogP contribution in [0.4, 0.5) is 21.9 Å². The zero-order valence-corrected chi connectivity index (χ0v) is 18.5. The number of hydrogen-bond donors (Lipinski definition) is 2. The van der Waals surface area contributed by atoms with Crippen LogP contribution in [0.2, 0.25) is 0 Å². The van der Waals surface area contributed by atoms with Gasteiger partial charge in [0.2, 0.25) is 0 Å². The number of hydrogen-bond acceptors (Lipinski definition) is 6. The Hall–Kier alpha value is -4.07. The van der Waals surface area contributed by atoms with Gasteiger partial charge in [0.15, 0.2) is 0 Å². The van der Waals surface area contributed by atoms with Crippen molar-refractivity contribution < 1.29 is 14.3 Å². The number of anilines is 3. The fourth-order valence-electron chi connectivity index (χ4n) is 3.96. The van der Waals surface area contributed by atoms with Crippen LogP contribution in [0.25, 0.3) is 0 Å². The van der Waals surface area contributed by atoms with Gasteiger partial charge in [-0.25, -0.2) is 4.79 Å². The highest BCUT2D eigenvalue weighted by Crippen LogP contribution is 2.29. The van der Waals surface area contributed by atoms with Gasteiger partial charge in [0.05, 0.1) is 18.5 Å². The smallest absolute Gasteiger partial charge is 0.430 e. The third-order valence-corrected chi connectivity index (χ3v) is 5.59. The first-order valence-electron chi connectivity index (χ1n) is 10.9. The quantitative estimate of drug-likeness (QED) is 0.533. The maximum atomic E-state index is 12.9. The minimum atomic E-state index is -0.509. The normalized spacial score (nSPS) is 15.4. The zero-order valence-electron chi connectivity index (χ0n) is 18.5. The number of carbonyl (C=O) groups excluding carboxylic acids is 2. The van der Waals surface area contributed by atoms with E-state index in [0.717, 1.165) is 31.5 Å². The number of nitrogens with zero attached hydrogens (tertiary/aromatic N) is 3. The Bertz CT molecular complexity index is 1080. The van der Waals surface area contributed by atoms with Gasteiger partial charge in [0.1, 0.15) is 6.17 Å². The molecule has 1 fully saturated rings. The Morgan fingerprint density at radius 2 is 1.67 bits per heavy atom. The first-order valence-corrected chi connectivity index (χ1v) is 10.9. The second-order valence-electron chi connectivity index (χ2n) is 7.69. The topological polar surface area (TPSA) is 86.8 Å². The molecule has 1 saturated heterocycles. The minimum absolute atomic E-state index is 0.231. The van der Waals surface area contributed by atoms with Crippen LogP contribution in [-0.2, 0) is 4.74 Å². The summed E-state index contributed by atoms with van der Waals surface area (Å²) in [4.78, 5) is 31.9. The van der Waals surface area contributed by atoms with Crippen molar-refractivity contribution in [2.45, 2.75) is 25.4 Å². The number of ether oxygens (including phenoxy) is 1. The fourth-order valence-corrected chi connectivity index (χ4v) is 3.96. The van der Waals surface area contributed by atoms with E-state index in [1.54, 1.807) is 30.6 Å². The highest BCUT2D eigenvalue weighted by atomic mass is 16.5. The van der Waals surface area contributed by atoms with E-state index in [2.05, 4.69) is 20.6 Å². The summed E-state index contributed by atoms with van der Waals surface area (Å²) in [5.41, 5.74) is 5.89. The van der Waals surface area contributed by atoms with Crippen LogP contribution in [0.3, 0.4) is 0 Å². The molecule has 8 heteroatoms. The Balaban J connectivity index is 1.61. The SMILES string of the molecule is COC(=O)N(Nc1ccccc1NC(=O)c1ccccc1)C1CCCCN1c1ccncc1. The van der Waals surface area contributed by atoms with Crippen molar-refractivity contribution in [3.63, 3.8) is 0 Å². The number of para-hydroxylation sites is 2. The molecule has 2 N–H and O–H groups in total. The van der Waals surface area contributed by atoms with Crippen molar-refractivity contribution in [2.75, 3.05) is 29.3 Å². The molecular weight excluding hydrogens is 418 g/mol. The molecule has 0 radical (unpaired) electrons. The van der Waals surface area contributed by atoms with Crippen LogP contribution in [0.5, 0.6) is 0 Å². The number of carbonyl (C=O) groups is 2. The van der Waals surface area contributed by atoms with E-state index < -0.39 is 6.09 Å². The highest BCUT2D eigenvalue weighted by Gasteiger charge is 2.33. The molecule has 3 aromatic rings. The summed E-state index contributed by atoms with van der Waals surface area (Å²) in [5, 5.41) is 4.43. The first kappa shape index (κ1) is 22.1. The van der Waals surface area contributed by atoms with Crippen LogP contribution < -0.4 is 15.6 Å². The van der Waals surface area contributed by atoms with E-state index >= 15 is 0 Å². The molecule has 170 valence electrons. The molecule has 0 bridgehead atoms. The summed E-state index contributed by atoms with van der Waals surface area (Å²) in [7, 11) is 1.36. The largest absolute Gasteiger partial charge is 0.451 e. The van der Waals surface area contributed by atoms with Crippen LogP contribution in [0, 0.1) is 0 Å². The molecule has 1 unspecified atom stereocenters. The van der Waals surface area contributed by atoms with E-state index in [1.165, 1.54) is 12.1 Å². The lowest BCUT2D eigenvalue weighted by atomic mass is 10.1. The summed E-state index contributed by atoms with van der Waals surface area (Å²) in [6, 6.07) is 20.1. The van der Waals surface area contributed by atoms with E-state index in [9.17, 15) is 9.59 Å². The van der Waals surface area contributed by atoms with Gasteiger partial charge in [-0.2, -0.15) is 5.01 Å². The number of methoxy groups -OCH3 is 1. The molecule has 0 aliphatic carbocycles. The lowest BCUT2D eigenvalue weighted by Gasteiger charge is -2.43. The summed E-state index contributed by atoms with van der Waals surface area (Å²) in [6.45, 7) is 0.802. The molecule has 1 atom stereocenters. The molecular formula is C25H27N5O3. The van der Waals surface area contributed by atoms with Crippen molar-refractivity contribution in [1.29, 1.82) is 0 Å². The Morgan fingerprint density at radius 1 is 0.970 bits per heavy atom. The van der Waals surface area contributed by atoms with Gasteiger partial charge in [-0.3, -0.25) is 15.2 Å². The molecule has 2 aromatic carbocycles. The zero-order chi connectivity index (χ0) is 23.0. The third kappa shape index (κ3) is 5.23. The molecule has 1 aliphatic heterocycles. The molecule has 1 aliphatic rings. The molecule has 33 heavy (non-hydrogen) atoms. The molecule has 4 rings (SSSR count). The Labute approximate surface area is 193 Å². The standard InChI is InChI=1S/C25H27N5O3/c1-33-25(32)30(23-13-7-8-18-29(23)20-14-16-26-17-15-20)28-22-12-6-5-11-21(22)27-24(31)19-9-3-2-4-10-19/h2-6,9-12,14-17,23,28H,7-8,13,18H2,1H3,(H,27,31). The number of amides is 2. The van der Waals surface area contributed by atoms with Crippen molar-refractivity contribution in [2.24, 2.45) is 0 Å². The third-order valence-electron chi connectivity index (χ3n) is 5.59. The van der Waals surface area contributed by atoms with Crippen molar-refractivity contribution in [1.82, 2.24) is 9.99 Å². The minimum Gasteiger partial charge on any atom is -0.451 e. The summed E-state index contributed by atoms with van der Waals surface area (Å²) in [6.07, 6.45) is 5.47. The molecule has 8 nitrogen and oxygen atoms in total. The average molecular weight is 446 g/mol. The Morgan fingerprint density at radius 3 is 2.39 bits per heavy atom. The van der Waals surface area contributed by atoms with E-state index in [-0.39, 0.29) is 12.1 Å². The Kier molecular flexibility index (Phi) is 7.04. The number of rotatable bonds is 6. The van der Waals surface area contributed by atoms with Gasteiger partial charge >= 0.3 is 6.09 Å². The van der Waals surface area contributed by atoms with Crippen molar-refractivity contribution in [3.8, 4) is 0 Å². The summed E-state index contributed by atoms with van der Waals surface area (Å²) in [5.74, 6) is -0.231. The van der Waals surface area contributed by atoms with Crippen molar-refractivity contribution in [3.05, 3.63) is 84.7 Å². The van der Waals surface area contributed by atoms with E-state index in [4.69, 9.17) is 4.74 Å². The van der Waals surface area contributed by atoms with Gasteiger partial charge in [0, 0.05) is 30.2 Å². The predicted molar refractivity (Wildman–Crippen MR) is 128 cm³/mol. The van der Waals surface area contributed by atoms with Gasteiger partial charge in [-0.15, -0.1) is 0 Å². The number of hydrazine groups is 1. The number of piperidine rings is 1. The number of pyridine rings is 1. The van der Waals surface area contributed by atoms with Crippen LogP contribution in [0.15, 0.2) is 79.1 Å². The lowest BCUT2D eigenvalue weighted by molar-refractivity contribution is 0.102. The second kappa shape index (κ2) is 10.5. The van der Waals surface area contributed by atoms with Crippen LogP contribution in [0.1, 0.15) is 29.6 Å². The van der Waals surface area contributed by atoms with Gasteiger partial charge in [0.25, 0.3) is 5.91 Å². The molecule has 1 aromatic heterocycles.